The van der Waals surface area contributed by atoms with Gasteiger partial charge in [-0.3, -0.25) is 19.9 Å². The minimum absolute atomic E-state index is 0.0206. The molecule has 1 aromatic heterocycles. The van der Waals surface area contributed by atoms with Crippen molar-refractivity contribution in [2.75, 3.05) is 18.0 Å². The number of carbonyl (C=O) groups is 1. The zero-order valence-electron chi connectivity index (χ0n) is 17.7. The van der Waals surface area contributed by atoms with Crippen molar-refractivity contribution in [2.45, 2.75) is 13.8 Å². The van der Waals surface area contributed by atoms with Gasteiger partial charge in [0.05, 0.1) is 22.8 Å². The number of rotatable bonds is 6. The molecule has 0 N–H and O–H groups in total. The van der Waals surface area contributed by atoms with Gasteiger partial charge in [0, 0.05) is 35.2 Å². The monoisotopic (exact) mass is 447 g/mol. The van der Waals surface area contributed by atoms with Crippen molar-refractivity contribution in [3.05, 3.63) is 86.5 Å². The summed E-state index contributed by atoms with van der Waals surface area (Å²) in [6, 6.07) is 13.8. The summed E-state index contributed by atoms with van der Waals surface area (Å²) in [5, 5.41) is 17.8. The molecule has 3 aromatic rings. The molecular weight excluding hydrogens is 426 g/mol. The summed E-state index contributed by atoms with van der Waals surface area (Å²) in [7, 11) is 0. The molecule has 32 heavy (non-hydrogen) atoms. The van der Waals surface area contributed by atoms with E-state index in [-0.39, 0.29) is 11.6 Å². The Hall–Kier alpha value is -3.85. The van der Waals surface area contributed by atoms with Crippen LogP contribution in [0.25, 0.3) is 11.3 Å². The van der Waals surface area contributed by atoms with Gasteiger partial charge in [0.15, 0.2) is 5.71 Å². The second kappa shape index (κ2) is 8.72. The van der Waals surface area contributed by atoms with E-state index in [0.29, 0.717) is 34.9 Å². The van der Waals surface area contributed by atoms with Crippen molar-refractivity contribution in [2.24, 2.45) is 10.1 Å². The first-order valence-corrected chi connectivity index (χ1v) is 10.9. The first-order chi connectivity index (χ1) is 15.4. The molecule has 0 atom stereocenters. The molecule has 1 aliphatic rings. The van der Waals surface area contributed by atoms with E-state index in [1.54, 1.807) is 21.7 Å². The fourth-order valence-corrected chi connectivity index (χ4v) is 4.29. The third-order valence-corrected chi connectivity index (χ3v) is 5.79. The van der Waals surface area contributed by atoms with Crippen molar-refractivity contribution in [3.8, 4) is 11.3 Å². The molecule has 2 heterocycles. The molecule has 0 saturated heterocycles. The van der Waals surface area contributed by atoms with Crippen LogP contribution in [0.3, 0.4) is 0 Å². The molecule has 0 unspecified atom stereocenters. The van der Waals surface area contributed by atoms with Gasteiger partial charge in [0.2, 0.25) is 4.80 Å². The van der Waals surface area contributed by atoms with Crippen LogP contribution < -0.4 is 9.70 Å². The summed E-state index contributed by atoms with van der Waals surface area (Å²) >= 11 is 1.35. The van der Waals surface area contributed by atoms with Crippen LogP contribution in [0.1, 0.15) is 19.4 Å². The topological polar surface area (TPSA) is 93.1 Å². The van der Waals surface area contributed by atoms with E-state index in [9.17, 15) is 14.9 Å². The maximum absolute atomic E-state index is 13.1. The Balaban J connectivity index is 1.94. The van der Waals surface area contributed by atoms with E-state index in [2.05, 4.69) is 11.6 Å². The van der Waals surface area contributed by atoms with E-state index in [4.69, 9.17) is 5.10 Å². The number of amides is 1. The molecule has 0 spiro atoms. The van der Waals surface area contributed by atoms with E-state index in [1.807, 2.05) is 43.5 Å². The van der Waals surface area contributed by atoms with Crippen molar-refractivity contribution in [1.82, 2.24) is 4.68 Å². The first kappa shape index (κ1) is 21.4. The molecule has 1 amide bonds. The highest BCUT2D eigenvalue weighted by Crippen LogP contribution is 2.30. The predicted octanol–water partition coefficient (Wildman–Crippen LogP) is 4.22. The maximum Gasteiger partial charge on any atom is 0.279 e. The van der Waals surface area contributed by atoms with E-state index < -0.39 is 4.92 Å². The number of hydrogen-bond donors (Lipinski definition) is 0. The number of carbonyl (C=O) groups excluding carboxylic acids is 1. The SMILES string of the molecule is C=C(C)CN=c1scc(-c2cccc([N+](=O)[O-])c2)n1N=C1C(=O)N(CC)c2ccccc21. The Morgan fingerprint density at radius 3 is 2.72 bits per heavy atom. The van der Waals surface area contributed by atoms with Crippen LogP contribution in [-0.2, 0) is 4.79 Å². The first-order valence-electron chi connectivity index (χ1n) is 10.0. The van der Waals surface area contributed by atoms with Gasteiger partial charge in [-0.2, -0.15) is 5.10 Å². The molecule has 8 nitrogen and oxygen atoms in total. The van der Waals surface area contributed by atoms with E-state index in [0.717, 1.165) is 16.8 Å². The second-order valence-corrected chi connectivity index (χ2v) is 8.15. The number of likely N-dealkylation sites (N-methyl/N-ethyl adjacent to an activating group) is 1. The Labute approximate surface area is 188 Å². The number of benzene rings is 2. The van der Waals surface area contributed by atoms with Gasteiger partial charge in [0.1, 0.15) is 0 Å². The lowest BCUT2D eigenvalue weighted by atomic mass is 10.1. The number of thiazole rings is 1. The van der Waals surface area contributed by atoms with Crippen LogP contribution in [0.5, 0.6) is 0 Å². The molecule has 0 fully saturated rings. The normalized spacial score (nSPS) is 14.8. The third kappa shape index (κ3) is 3.90. The summed E-state index contributed by atoms with van der Waals surface area (Å²) in [5.74, 6) is -0.191. The summed E-state index contributed by atoms with van der Waals surface area (Å²) in [5.41, 5.74) is 3.96. The van der Waals surface area contributed by atoms with E-state index in [1.165, 1.54) is 23.5 Å². The van der Waals surface area contributed by atoms with Crippen molar-refractivity contribution >= 4 is 34.3 Å². The maximum atomic E-state index is 13.1. The highest BCUT2D eigenvalue weighted by molar-refractivity contribution is 7.07. The number of fused-ring (bicyclic) bond motifs is 1. The Morgan fingerprint density at radius 1 is 1.22 bits per heavy atom. The highest BCUT2D eigenvalue weighted by atomic mass is 32.1. The molecule has 0 saturated carbocycles. The smallest absolute Gasteiger partial charge is 0.279 e. The second-order valence-electron chi connectivity index (χ2n) is 7.31. The van der Waals surface area contributed by atoms with Crippen LogP contribution in [0, 0.1) is 10.1 Å². The number of nitro benzene ring substituents is 1. The van der Waals surface area contributed by atoms with Crippen LogP contribution >= 0.6 is 11.3 Å². The molecular formula is C23H21N5O3S. The molecule has 0 radical (unpaired) electrons. The average molecular weight is 448 g/mol. The summed E-state index contributed by atoms with van der Waals surface area (Å²) in [6.07, 6.45) is 0. The standard InChI is InChI=1S/C23H21N5O3S/c1-4-26-19-11-6-5-10-18(19)21(22(26)29)25-27-20(14-32-23(27)24-13-15(2)3)16-8-7-9-17(12-16)28(30)31/h5-12,14H,2,4,13H2,1,3H3. The van der Waals surface area contributed by atoms with Gasteiger partial charge in [0.25, 0.3) is 11.6 Å². The van der Waals surface area contributed by atoms with Crippen molar-refractivity contribution in [1.29, 1.82) is 0 Å². The predicted molar refractivity (Wildman–Crippen MR) is 126 cm³/mol. The zero-order chi connectivity index (χ0) is 22.8. The van der Waals surface area contributed by atoms with Crippen LogP contribution in [0.2, 0.25) is 0 Å². The lowest BCUT2D eigenvalue weighted by Crippen LogP contribution is -2.30. The summed E-state index contributed by atoms with van der Waals surface area (Å²) in [4.78, 5) is 30.8. The minimum atomic E-state index is -0.436. The number of para-hydroxylation sites is 1. The number of nitro groups is 1. The minimum Gasteiger partial charge on any atom is -0.307 e. The Bertz CT molecular complexity index is 1340. The Kier molecular flexibility index (Phi) is 5.83. The zero-order valence-corrected chi connectivity index (χ0v) is 18.5. The van der Waals surface area contributed by atoms with Crippen molar-refractivity contribution in [3.63, 3.8) is 0 Å². The van der Waals surface area contributed by atoms with Gasteiger partial charge >= 0.3 is 0 Å². The molecule has 0 aliphatic carbocycles. The van der Waals surface area contributed by atoms with Crippen molar-refractivity contribution < 1.29 is 9.72 Å². The van der Waals surface area contributed by atoms with Gasteiger partial charge in [-0.15, -0.1) is 11.3 Å². The molecule has 0 bridgehead atoms. The number of anilines is 1. The average Bonchev–Trinajstić information content (AvgIpc) is 3.31. The summed E-state index contributed by atoms with van der Waals surface area (Å²) in [6.45, 7) is 8.62. The fourth-order valence-electron chi connectivity index (χ4n) is 3.46. The molecule has 1 aliphatic heterocycles. The van der Waals surface area contributed by atoms with Crippen LogP contribution in [0.15, 0.2) is 76.2 Å². The van der Waals surface area contributed by atoms with Gasteiger partial charge in [-0.05, 0) is 19.9 Å². The fraction of sp³-hybridized carbons (Fsp3) is 0.174. The van der Waals surface area contributed by atoms with Gasteiger partial charge < -0.3 is 4.90 Å². The van der Waals surface area contributed by atoms with Crippen LogP contribution in [-0.4, -0.2) is 34.3 Å². The number of non-ortho nitro benzene ring substituents is 1. The number of nitrogens with zero attached hydrogens (tertiary/aromatic N) is 5. The third-order valence-electron chi connectivity index (χ3n) is 4.94. The number of hydrogen-bond acceptors (Lipinski definition) is 6. The van der Waals surface area contributed by atoms with Crippen LogP contribution in [0.4, 0.5) is 11.4 Å². The Morgan fingerprint density at radius 2 is 2.00 bits per heavy atom. The molecule has 4 rings (SSSR count). The summed E-state index contributed by atoms with van der Waals surface area (Å²) < 4.78 is 1.59. The molecule has 2 aromatic carbocycles. The van der Waals surface area contributed by atoms with Gasteiger partial charge in [-0.25, -0.2) is 4.68 Å². The van der Waals surface area contributed by atoms with E-state index >= 15 is 0 Å². The number of aromatic nitrogens is 1. The van der Waals surface area contributed by atoms with Gasteiger partial charge in [-0.1, -0.05) is 42.5 Å². The lowest BCUT2D eigenvalue weighted by molar-refractivity contribution is -0.384. The largest absolute Gasteiger partial charge is 0.307 e. The lowest BCUT2D eigenvalue weighted by Gasteiger charge is -2.13. The molecule has 162 valence electrons. The quantitative estimate of drug-likeness (QED) is 0.322. The molecule has 9 heteroatoms. The highest BCUT2D eigenvalue weighted by Gasteiger charge is 2.33.